The van der Waals surface area contributed by atoms with E-state index in [9.17, 15) is 0 Å². The molecule has 0 spiro atoms. The van der Waals surface area contributed by atoms with Crippen LogP contribution < -0.4 is 0 Å². The van der Waals surface area contributed by atoms with Gasteiger partial charge >= 0.3 is 0 Å². The third-order valence-corrected chi connectivity index (χ3v) is 5.04. The maximum Gasteiger partial charge on any atom is 0.249 e. The first-order valence-corrected chi connectivity index (χ1v) is 9.25. The van der Waals surface area contributed by atoms with Gasteiger partial charge in [0, 0.05) is 0 Å². The Bertz CT molecular complexity index is 1050. The largest absolute Gasteiger partial charge is 0.420 e. The fraction of sp³-hybridized carbons (Fsp3) is 0.111. The molecule has 0 aliphatic rings. The number of aryl methyl sites for hydroxylation is 1. The average Bonchev–Trinajstić information content (AvgIpc) is 3.30. The highest BCUT2D eigenvalue weighted by atomic mass is 35.5. The molecule has 6 nitrogen and oxygen atoms in total. The lowest BCUT2D eigenvalue weighted by Crippen LogP contribution is -1.97. The summed E-state index contributed by atoms with van der Waals surface area (Å²) < 4.78 is 7.68. The number of hydrogen-bond acceptors (Lipinski definition) is 6. The highest BCUT2D eigenvalue weighted by molar-refractivity contribution is 7.98. The molecule has 4 aromatic rings. The second kappa shape index (κ2) is 7.31. The summed E-state index contributed by atoms with van der Waals surface area (Å²) in [6.07, 6.45) is 1.70. The third-order valence-electron chi connectivity index (χ3n) is 3.79. The maximum atomic E-state index is 6.18. The summed E-state index contributed by atoms with van der Waals surface area (Å²) in [6.45, 7) is 2.05. The van der Waals surface area contributed by atoms with Gasteiger partial charge in [-0.05, 0) is 30.7 Å². The van der Waals surface area contributed by atoms with Crippen LogP contribution in [0.5, 0.6) is 0 Å². The van der Waals surface area contributed by atoms with Crippen molar-refractivity contribution in [3.05, 3.63) is 71.3 Å². The molecule has 0 N–H and O–H groups in total. The molecular formula is C18H14ClN5OS. The molecule has 0 amide bonds. The lowest BCUT2D eigenvalue weighted by molar-refractivity contribution is 0.528. The Morgan fingerprint density at radius 1 is 1.04 bits per heavy atom. The Morgan fingerprint density at radius 3 is 2.69 bits per heavy atom. The monoisotopic (exact) mass is 383 g/mol. The minimum atomic E-state index is 0.409. The van der Waals surface area contributed by atoms with Crippen molar-refractivity contribution in [2.75, 3.05) is 0 Å². The van der Waals surface area contributed by atoms with E-state index in [0.29, 0.717) is 22.6 Å². The summed E-state index contributed by atoms with van der Waals surface area (Å²) in [5.41, 5.74) is 2.91. The van der Waals surface area contributed by atoms with Crippen LogP contribution in [0, 0.1) is 6.92 Å². The number of halogens is 1. The van der Waals surface area contributed by atoms with Gasteiger partial charge in [-0.3, -0.25) is 4.57 Å². The molecule has 0 aliphatic carbocycles. The molecule has 0 radical (unpaired) electrons. The zero-order valence-corrected chi connectivity index (χ0v) is 15.4. The Balaban J connectivity index is 1.52. The van der Waals surface area contributed by atoms with Gasteiger partial charge in [-0.25, -0.2) is 0 Å². The number of rotatable bonds is 5. The quantitative estimate of drug-likeness (QED) is 0.470. The van der Waals surface area contributed by atoms with Gasteiger partial charge in [-0.15, -0.1) is 20.4 Å². The van der Waals surface area contributed by atoms with Gasteiger partial charge in [-0.1, -0.05) is 53.7 Å². The Labute approximate surface area is 159 Å². The SMILES string of the molecule is Cc1ccccc1-n1cnnc1SCc1nnc(-c2ccccc2Cl)o1. The Hall–Kier alpha value is -2.64. The number of nitrogens with zero attached hydrogens (tertiary/aromatic N) is 5. The van der Waals surface area contributed by atoms with Crippen LogP contribution in [0.2, 0.25) is 5.02 Å². The average molecular weight is 384 g/mol. The van der Waals surface area contributed by atoms with Crippen LogP contribution in [0.3, 0.4) is 0 Å². The Morgan fingerprint density at radius 2 is 1.85 bits per heavy atom. The van der Waals surface area contributed by atoms with E-state index in [0.717, 1.165) is 22.0 Å². The summed E-state index contributed by atoms with van der Waals surface area (Å²) in [4.78, 5) is 0. The van der Waals surface area contributed by atoms with Crippen LogP contribution >= 0.6 is 23.4 Å². The van der Waals surface area contributed by atoms with Crippen molar-refractivity contribution in [3.63, 3.8) is 0 Å². The smallest absolute Gasteiger partial charge is 0.249 e. The van der Waals surface area contributed by atoms with E-state index in [1.54, 1.807) is 12.4 Å². The van der Waals surface area contributed by atoms with E-state index in [1.165, 1.54) is 11.8 Å². The van der Waals surface area contributed by atoms with Gasteiger partial charge in [0.05, 0.1) is 22.0 Å². The third kappa shape index (κ3) is 3.36. The van der Waals surface area contributed by atoms with Gasteiger partial charge in [0.2, 0.25) is 11.8 Å². The molecule has 0 atom stereocenters. The molecule has 8 heteroatoms. The summed E-state index contributed by atoms with van der Waals surface area (Å²) in [7, 11) is 0. The second-order valence-corrected chi connectivity index (χ2v) is 6.89. The van der Waals surface area contributed by atoms with Gasteiger partial charge in [-0.2, -0.15) is 0 Å². The fourth-order valence-corrected chi connectivity index (χ4v) is 3.48. The summed E-state index contributed by atoms with van der Waals surface area (Å²) in [6, 6.07) is 15.5. The van der Waals surface area contributed by atoms with E-state index in [1.807, 2.05) is 41.0 Å². The molecule has 2 aromatic carbocycles. The first kappa shape index (κ1) is 16.8. The molecule has 0 saturated carbocycles. The molecule has 130 valence electrons. The molecule has 26 heavy (non-hydrogen) atoms. The summed E-state index contributed by atoms with van der Waals surface area (Å²) in [5.74, 6) is 1.40. The molecule has 0 bridgehead atoms. The number of hydrogen-bond donors (Lipinski definition) is 0. The Kier molecular flexibility index (Phi) is 4.73. The van der Waals surface area contributed by atoms with Crippen LogP contribution in [0.15, 0.2) is 64.4 Å². The van der Waals surface area contributed by atoms with E-state index >= 15 is 0 Å². The first-order chi connectivity index (χ1) is 12.7. The minimum absolute atomic E-state index is 0.409. The lowest BCUT2D eigenvalue weighted by Gasteiger charge is -2.08. The van der Waals surface area contributed by atoms with Crippen molar-refractivity contribution >= 4 is 23.4 Å². The van der Waals surface area contributed by atoms with Crippen molar-refractivity contribution in [2.24, 2.45) is 0 Å². The van der Waals surface area contributed by atoms with Crippen LogP contribution in [-0.4, -0.2) is 25.0 Å². The standard InChI is InChI=1S/C18H14ClN5OS/c1-12-6-2-5-9-15(12)24-11-20-23-18(24)26-10-16-21-22-17(25-16)13-7-3-4-8-14(13)19/h2-9,11H,10H2,1H3. The van der Waals surface area contributed by atoms with Crippen molar-refractivity contribution < 1.29 is 4.42 Å². The highest BCUT2D eigenvalue weighted by Gasteiger charge is 2.14. The minimum Gasteiger partial charge on any atom is -0.420 e. The topological polar surface area (TPSA) is 69.6 Å². The van der Waals surface area contributed by atoms with Crippen LogP contribution in [0.25, 0.3) is 17.1 Å². The molecule has 4 rings (SSSR count). The fourth-order valence-electron chi connectivity index (χ4n) is 2.50. The van der Waals surface area contributed by atoms with Gasteiger partial charge < -0.3 is 4.42 Å². The summed E-state index contributed by atoms with van der Waals surface area (Å²) in [5, 5.41) is 17.7. The zero-order valence-electron chi connectivity index (χ0n) is 13.8. The number of aromatic nitrogens is 5. The molecule has 0 saturated heterocycles. The predicted octanol–water partition coefficient (Wildman–Crippen LogP) is 4.57. The number of para-hydroxylation sites is 1. The highest BCUT2D eigenvalue weighted by Crippen LogP contribution is 2.28. The van der Waals surface area contributed by atoms with E-state index in [-0.39, 0.29) is 0 Å². The number of benzene rings is 2. The molecule has 2 aromatic heterocycles. The molecule has 2 heterocycles. The van der Waals surface area contributed by atoms with Gasteiger partial charge in [0.25, 0.3) is 0 Å². The molecular weight excluding hydrogens is 370 g/mol. The van der Waals surface area contributed by atoms with Gasteiger partial charge in [0.15, 0.2) is 5.16 Å². The molecule has 0 fully saturated rings. The van der Waals surface area contributed by atoms with E-state index < -0.39 is 0 Å². The number of thioether (sulfide) groups is 1. The van der Waals surface area contributed by atoms with E-state index in [2.05, 4.69) is 33.4 Å². The van der Waals surface area contributed by atoms with Crippen LogP contribution in [0.1, 0.15) is 11.5 Å². The lowest BCUT2D eigenvalue weighted by atomic mass is 10.2. The van der Waals surface area contributed by atoms with Crippen molar-refractivity contribution in [1.82, 2.24) is 25.0 Å². The van der Waals surface area contributed by atoms with E-state index in [4.69, 9.17) is 16.0 Å². The van der Waals surface area contributed by atoms with Crippen LogP contribution in [-0.2, 0) is 5.75 Å². The van der Waals surface area contributed by atoms with Crippen molar-refractivity contribution in [2.45, 2.75) is 17.8 Å². The maximum absolute atomic E-state index is 6.18. The van der Waals surface area contributed by atoms with Gasteiger partial charge in [0.1, 0.15) is 6.33 Å². The molecule has 0 aliphatic heterocycles. The summed E-state index contributed by atoms with van der Waals surface area (Å²) >= 11 is 7.66. The van der Waals surface area contributed by atoms with Crippen molar-refractivity contribution in [1.29, 1.82) is 0 Å². The van der Waals surface area contributed by atoms with Crippen molar-refractivity contribution in [3.8, 4) is 17.1 Å². The first-order valence-electron chi connectivity index (χ1n) is 7.88. The zero-order chi connectivity index (χ0) is 17.9. The predicted molar refractivity (Wildman–Crippen MR) is 100 cm³/mol. The molecule has 0 unspecified atom stereocenters. The normalized spacial score (nSPS) is 11.0. The van der Waals surface area contributed by atoms with Crippen LogP contribution in [0.4, 0.5) is 0 Å². The second-order valence-electron chi connectivity index (χ2n) is 5.54.